The summed E-state index contributed by atoms with van der Waals surface area (Å²) in [5.74, 6) is 1.83. The van der Waals surface area contributed by atoms with Gasteiger partial charge in [0.1, 0.15) is 0 Å². The number of allylic oxidation sites excluding steroid dienone is 5. The molecule has 5 rings (SSSR count). The molecule has 300 valence electrons. The van der Waals surface area contributed by atoms with Gasteiger partial charge in [-0.1, -0.05) is 78.5 Å². The van der Waals surface area contributed by atoms with Crippen LogP contribution < -0.4 is 22.9 Å². The van der Waals surface area contributed by atoms with Crippen molar-refractivity contribution in [2.45, 2.75) is 73.6 Å². The van der Waals surface area contributed by atoms with Crippen molar-refractivity contribution in [2.24, 2.45) is 17.8 Å². The lowest BCUT2D eigenvalue weighted by Crippen LogP contribution is -1.96. The molecule has 4 heterocycles. The highest BCUT2D eigenvalue weighted by Crippen LogP contribution is 2.31. The van der Waals surface area contributed by atoms with Crippen LogP contribution in [0.15, 0.2) is 105 Å². The topological polar surface area (TPSA) is 182 Å². The normalized spacial score (nSPS) is 10.9. The van der Waals surface area contributed by atoms with E-state index in [2.05, 4.69) is 74.1 Å². The molecule has 0 spiro atoms. The molecule has 0 fully saturated rings. The Balaban J connectivity index is 0.000000659. The summed E-state index contributed by atoms with van der Waals surface area (Å²) in [7, 11) is -4.00. The molecule has 0 saturated carbocycles. The molecule has 0 amide bonds. The minimum Gasteiger partial charge on any atom is -0.398 e. The average molecular weight is 842 g/mol. The largest absolute Gasteiger partial charge is 0.398 e. The van der Waals surface area contributed by atoms with Crippen LogP contribution in [0.1, 0.15) is 83.4 Å². The van der Waals surface area contributed by atoms with Crippen LogP contribution in [-0.2, 0) is 10.1 Å². The molecule has 8 nitrogen and oxygen atoms in total. The van der Waals surface area contributed by atoms with E-state index in [4.69, 9.17) is 32.7 Å². The fourth-order valence-electron chi connectivity index (χ4n) is 4.49. The predicted molar refractivity (Wildman–Crippen MR) is 248 cm³/mol. The summed E-state index contributed by atoms with van der Waals surface area (Å²) >= 11 is 6.70. The van der Waals surface area contributed by atoms with E-state index in [1.165, 1.54) is 40.0 Å². The quantitative estimate of drug-likeness (QED) is 0.0956. The Morgan fingerprint density at radius 3 is 1.38 bits per heavy atom. The van der Waals surface area contributed by atoms with Gasteiger partial charge in [0.05, 0.1) is 25.6 Å². The van der Waals surface area contributed by atoms with Gasteiger partial charge in [-0.25, -0.2) is 0 Å². The molecule has 1 aromatic carbocycles. The van der Waals surface area contributed by atoms with Crippen molar-refractivity contribution < 1.29 is 13.0 Å². The first-order valence-corrected chi connectivity index (χ1v) is 22.4. The zero-order valence-corrected chi connectivity index (χ0v) is 37.5. The third-order valence-electron chi connectivity index (χ3n) is 6.53. The maximum atomic E-state index is 10.4. The van der Waals surface area contributed by atoms with E-state index in [0.717, 1.165) is 39.6 Å². The number of nitrogens with two attached hydrogens (primary N) is 4. The zero-order valence-electron chi connectivity index (χ0n) is 33.4. The molecule has 9 N–H and O–H groups in total. The van der Waals surface area contributed by atoms with E-state index in [1.807, 2.05) is 51.2 Å². The summed E-state index contributed by atoms with van der Waals surface area (Å²) < 4.78 is 29.2. The fourth-order valence-corrected chi connectivity index (χ4v) is 7.96. The Hall–Kier alpha value is -4.16. The fraction of sp³-hybridized carbons (Fsp3) is 0.310. The number of anilines is 4. The highest BCUT2D eigenvalue weighted by atomic mass is 32.2. The van der Waals surface area contributed by atoms with E-state index in [1.54, 1.807) is 69.6 Å². The molecule has 0 bridgehead atoms. The number of rotatable bonds is 8. The number of nitriles is 1. The summed E-state index contributed by atoms with van der Waals surface area (Å²) in [4.78, 5) is 3.51. The molecule has 4 aromatic heterocycles. The van der Waals surface area contributed by atoms with Crippen molar-refractivity contribution in [3.05, 3.63) is 115 Å². The molecular formula is C42H59N5O3S5. The number of nitrogens with zero attached hydrogens (tertiary/aromatic N) is 1. The van der Waals surface area contributed by atoms with Gasteiger partial charge in [0, 0.05) is 35.1 Å². The first-order valence-electron chi connectivity index (χ1n) is 17.4. The summed E-state index contributed by atoms with van der Waals surface area (Å²) in [5, 5.41) is 17.2. The molecule has 0 unspecified atom stereocenters. The van der Waals surface area contributed by atoms with Crippen LogP contribution in [0.4, 0.5) is 22.7 Å². The number of hydrogen-bond donors (Lipinski definition) is 5. The molecule has 5 aromatic rings. The van der Waals surface area contributed by atoms with Gasteiger partial charge < -0.3 is 22.9 Å². The molecule has 0 atom stereocenters. The molecule has 0 aliphatic rings. The lowest BCUT2D eigenvalue weighted by molar-refractivity contribution is 0.483. The molecule has 0 saturated heterocycles. The Kier molecular flexibility index (Phi) is 25.4. The van der Waals surface area contributed by atoms with Gasteiger partial charge in [-0.15, -0.1) is 34.0 Å². The van der Waals surface area contributed by atoms with Crippen LogP contribution in [-0.4, -0.2) is 13.0 Å². The SMILES string of the molecule is C/C(=C/C(C)C)c1sccc1N.C/C(=C\C(C)C)c1sccc1N.C=C(CC(C)C)c1sccc1N.CC#N.Nc1ccsc1.O=S(=O)(O)c1ccccc1. The number of hydrogen-bond acceptors (Lipinski definition) is 11. The third-order valence-corrected chi connectivity index (χ3v) is 11.3. The lowest BCUT2D eigenvalue weighted by atomic mass is 10.0. The van der Waals surface area contributed by atoms with E-state index < -0.39 is 10.1 Å². The predicted octanol–water partition coefficient (Wildman–Crippen LogP) is 13.0. The smallest absolute Gasteiger partial charge is 0.294 e. The molecule has 0 radical (unpaired) electrons. The number of nitrogen functional groups attached to an aromatic ring is 4. The van der Waals surface area contributed by atoms with E-state index >= 15 is 0 Å². The summed E-state index contributed by atoms with van der Waals surface area (Å²) in [6.07, 6.45) is 5.51. The monoisotopic (exact) mass is 841 g/mol. The van der Waals surface area contributed by atoms with Crippen molar-refractivity contribution in [1.82, 2.24) is 0 Å². The van der Waals surface area contributed by atoms with E-state index in [-0.39, 0.29) is 4.90 Å². The summed E-state index contributed by atoms with van der Waals surface area (Å²) in [6, 6.07) is 16.9. The second-order valence-electron chi connectivity index (χ2n) is 13.1. The number of thiophene rings is 4. The minimum atomic E-state index is -4.00. The van der Waals surface area contributed by atoms with Crippen LogP contribution in [0.2, 0.25) is 0 Å². The van der Waals surface area contributed by atoms with Crippen molar-refractivity contribution in [3.63, 3.8) is 0 Å². The maximum Gasteiger partial charge on any atom is 0.294 e. The second kappa shape index (κ2) is 27.4. The maximum absolute atomic E-state index is 10.4. The first kappa shape index (κ1) is 50.8. The van der Waals surface area contributed by atoms with Crippen LogP contribution >= 0.6 is 45.3 Å². The van der Waals surface area contributed by atoms with Crippen LogP contribution in [0.25, 0.3) is 16.7 Å². The highest BCUT2D eigenvalue weighted by molar-refractivity contribution is 7.85. The average Bonchev–Trinajstić information content (AvgIpc) is 3.92. The van der Waals surface area contributed by atoms with Gasteiger partial charge >= 0.3 is 0 Å². The lowest BCUT2D eigenvalue weighted by Gasteiger charge is -2.06. The Morgan fingerprint density at radius 1 is 0.745 bits per heavy atom. The number of benzene rings is 1. The molecular weight excluding hydrogens is 783 g/mol. The Labute approximate surface area is 346 Å². The van der Waals surface area contributed by atoms with Gasteiger partial charge in [-0.05, 0) is 113 Å². The van der Waals surface area contributed by atoms with E-state index in [9.17, 15) is 8.42 Å². The highest BCUT2D eigenvalue weighted by Gasteiger charge is 2.07. The first-order chi connectivity index (χ1) is 25.7. The zero-order chi connectivity index (χ0) is 42.1. The molecule has 0 aliphatic carbocycles. The summed E-state index contributed by atoms with van der Waals surface area (Å²) in [6.45, 7) is 22.8. The third kappa shape index (κ3) is 22.7. The van der Waals surface area contributed by atoms with Crippen molar-refractivity contribution in [2.75, 3.05) is 22.9 Å². The minimum absolute atomic E-state index is 0.0741. The van der Waals surface area contributed by atoms with Gasteiger partial charge in [-0.3, -0.25) is 4.55 Å². The molecule has 0 aliphatic heterocycles. The molecule has 13 heteroatoms. The van der Waals surface area contributed by atoms with Crippen LogP contribution in [0.3, 0.4) is 0 Å². The van der Waals surface area contributed by atoms with Crippen LogP contribution in [0.5, 0.6) is 0 Å². The van der Waals surface area contributed by atoms with Crippen LogP contribution in [0, 0.1) is 29.1 Å². The van der Waals surface area contributed by atoms with Crippen molar-refractivity contribution in [1.29, 1.82) is 5.26 Å². The standard InChI is InChI=1S/3C10H15NS.C6H6O3S.C4H5NS.C2H3N/c3*1-7(2)6-8(3)10-9(11)4-5-12-10;7-10(8,9)6-4-2-1-3-5-6;5-4-1-2-6-3-4;1-2-3/h2*4-7H,11H2,1-3H3;4-5,7H,3,6,11H2,1-2H3;1-5H,(H,7,8,9);1-3H,5H2;1H3/b8-6+;8-6-;;;;. The van der Waals surface area contributed by atoms with Gasteiger partial charge in [0.2, 0.25) is 0 Å². The Morgan fingerprint density at radius 2 is 1.15 bits per heavy atom. The van der Waals surface area contributed by atoms with Crippen molar-refractivity contribution in [3.8, 4) is 6.07 Å². The van der Waals surface area contributed by atoms with Gasteiger partial charge in [0.15, 0.2) is 0 Å². The van der Waals surface area contributed by atoms with E-state index in [0.29, 0.717) is 17.8 Å². The Bertz CT molecular complexity index is 1940. The summed E-state index contributed by atoms with van der Waals surface area (Å²) in [5.41, 5.74) is 29.9. The molecule has 55 heavy (non-hydrogen) atoms. The second-order valence-corrected chi connectivity index (χ2v) is 18.0. The van der Waals surface area contributed by atoms with Gasteiger partial charge in [-0.2, -0.15) is 25.0 Å². The van der Waals surface area contributed by atoms with Crippen molar-refractivity contribution >= 4 is 94.9 Å². The van der Waals surface area contributed by atoms with Gasteiger partial charge in [0.25, 0.3) is 10.1 Å².